The van der Waals surface area contributed by atoms with Crippen LogP contribution in [0.25, 0.3) is 0 Å². The van der Waals surface area contributed by atoms with Gasteiger partial charge in [-0.3, -0.25) is 9.69 Å². The number of nitriles is 1. The third-order valence-electron chi connectivity index (χ3n) is 6.83. The Hall–Kier alpha value is -4.09. The van der Waals surface area contributed by atoms with Crippen molar-refractivity contribution >= 4 is 27.4 Å². The van der Waals surface area contributed by atoms with Crippen LogP contribution in [0.5, 0.6) is 11.5 Å². The molecule has 0 unspecified atom stereocenters. The van der Waals surface area contributed by atoms with Gasteiger partial charge in [0.15, 0.2) is 5.78 Å². The Bertz CT molecular complexity index is 1510. The van der Waals surface area contributed by atoms with Crippen LogP contribution in [-0.2, 0) is 11.4 Å². The van der Waals surface area contributed by atoms with Crippen molar-refractivity contribution in [2.24, 2.45) is 5.73 Å². The van der Waals surface area contributed by atoms with E-state index < -0.39 is 5.92 Å². The maximum Gasteiger partial charge on any atom is 0.161 e. The first-order valence-electron chi connectivity index (χ1n) is 12.2. The number of hydrogen-bond acceptors (Lipinski definition) is 6. The van der Waals surface area contributed by atoms with E-state index in [2.05, 4.69) is 22.0 Å². The minimum Gasteiger partial charge on any atom is -0.496 e. The molecule has 1 aliphatic carbocycles. The molecule has 0 saturated carbocycles. The van der Waals surface area contributed by atoms with Crippen molar-refractivity contribution in [1.29, 1.82) is 5.26 Å². The Morgan fingerprint density at radius 1 is 1.13 bits per heavy atom. The summed E-state index contributed by atoms with van der Waals surface area (Å²) in [6.45, 7) is 0.153. The Morgan fingerprint density at radius 3 is 2.63 bits per heavy atom. The third-order valence-corrected chi connectivity index (χ3v) is 7.32. The van der Waals surface area contributed by atoms with E-state index in [1.807, 2.05) is 41.3 Å². The highest BCUT2D eigenvalue weighted by molar-refractivity contribution is 9.10. The predicted octanol–water partition coefficient (Wildman–Crippen LogP) is 6.48. The minimum atomic E-state index is -0.610. The van der Waals surface area contributed by atoms with Gasteiger partial charge in [-0.1, -0.05) is 28.1 Å². The summed E-state index contributed by atoms with van der Waals surface area (Å²) in [7, 11) is 1.57. The number of rotatable bonds is 6. The number of carbonyl (C=O) groups excluding carboxylic acids is 1. The smallest absolute Gasteiger partial charge is 0.161 e. The van der Waals surface area contributed by atoms with Crippen LogP contribution in [0, 0.1) is 17.1 Å². The molecule has 2 aliphatic rings. The van der Waals surface area contributed by atoms with E-state index in [9.17, 15) is 14.4 Å². The Kier molecular flexibility index (Phi) is 7.21. The first-order valence-corrected chi connectivity index (χ1v) is 13.0. The van der Waals surface area contributed by atoms with Crippen LogP contribution in [0.4, 0.5) is 10.1 Å². The SMILES string of the molecule is COc1ccc([C@H]2C(C#N)=C(N)N(c3cccc(Br)c3)C3=C2C(=O)CCC3)cc1COc1ccc(F)cc1. The van der Waals surface area contributed by atoms with E-state index in [1.54, 1.807) is 25.3 Å². The third kappa shape index (κ3) is 4.77. The van der Waals surface area contributed by atoms with Gasteiger partial charge in [0.2, 0.25) is 0 Å². The number of Topliss-reactive ketones (excluding diaryl/α,β-unsaturated/α-hetero) is 1. The molecule has 0 saturated heterocycles. The molecular weight excluding hydrogens is 549 g/mol. The predicted molar refractivity (Wildman–Crippen MR) is 146 cm³/mol. The first kappa shape index (κ1) is 25.6. The lowest BCUT2D eigenvalue weighted by molar-refractivity contribution is -0.116. The molecule has 1 atom stereocenters. The zero-order valence-electron chi connectivity index (χ0n) is 20.7. The largest absolute Gasteiger partial charge is 0.496 e. The second-order valence-corrected chi connectivity index (χ2v) is 10.0. The number of allylic oxidation sites excluding steroid dienone is 3. The minimum absolute atomic E-state index is 0.0106. The Balaban J connectivity index is 1.60. The van der Waals surface area contributed by atoms with Crippen molar-refractivity contribution in [2.75, 3.05) is 12.0 Å². The van der Waals surface area contributed by atoms with Crippen molar-refractivity contribution in [3.63, 3.8) is 0 Å². The Labute approximate surface area is 228 Å². The maximum atomic E-state index is 13.4. The van der Waals surface area contributed by atoms with Crippen LogP contribution < -0.4 is 20.1 Å². The van der Waals surface area contributed by atoms with E-state index in [-0.39, 0.29) is 18.2 Å². The number of nitrogens with two attached hydrogens (primary N) is 1. The topological polar surface area (TPSA) is 88.6 Å². The molecule has 0 radical (unpaired) electrons. The second-order valence-electron chi connectivity index (χ2n) is 9.11. The van der Waals surface area contributed by atoms with Crippen LogP contribution in [-0.4, -0.2) is 12.9 Å². The molecule has 3 aromatic carbocycles. The fourth-order valence-corrected chi connectivity index (χ4v) is 5.50. The number of ketones is 1. The van der Waals surface area contributed by atoms with Gasteiger partial charge in [-0.2, -0.15) is 5.26 Å². The summed E-state index contributed by atoms with van der Waals surface area (Å²) in [6, 6.07) is 21.3. The molecule has 3 aromatic rings. The summed E-state index contributed by atoms with van der Waals surface area (Å²) in [5, 5.41) is 10.3. The summed E-state index contributed by atoms with van der Waals surface area (Å²) < 4.78 is 25.6. The molecule has 38 heavy (non-hydrogen) atoms. The monoisotopic (exact) mass is 573 g/mol. The molecule has 1 heterocycles. The molecule has 0 bridgehead atoms. The van der Waals surface area contributed by atoms with Crippen LogP contribution in [0.3, 0.4) is 0 Å². The van der Waals surface area contributed by atoms with Gasteiger partial charge in [-0.05, 0) is 73.0 Å². The van der Waals surface area contributed by atoms with Crippen molar-refractivity contribution in [1.82, 2.24) is 0 Å². The highest BCUT2D eigenvalue weighted by Gasteiger charge is 2.40. The van der Waals surface area contributed by atoms with E-state index in [4.69, 9.17) is 15.2 Å². The standard InChI is InChI=1S/C30H25BrFN3O3/c1-37-27-13-8-18(14-19(27)17-38-23-11-9-21(32)10-12-23)28-24(16-33)30(34)35(22-5-2-4-20(31)15-22)25-6-3-7-26(36)29(25)28/h2,4-5,8-15,28H,3,6-7,17,34H2,1H3/t28-/m0/s1. The van der Waals surface area contributed by atoms with Gasteiger partial charge in [0.1, 0.15) is 29.7 Å². The van der Waals surface area contributed by atoms with Gasteiger partial charge >= 0.3 is 0 Å². The van der Waals surface area contributed by atoms with E-state index in [1.165, 1.54) is 12.1 Å². The molecule has 1 aliphatic heterocycles. The highest BCUT2D eigenvalue weighted by Crippen LogP contribution is 2.47. The summed E-state index contributed by atoms with van der Waals surface area (Å²) in [5.41, 5.74) is 10.7. The van der Waals surface area contributed by atoms with Gasteiger partial charge < -0.3 is 15.2 Å². The number of halogens is 2. The number of carbonyl (C=O) groups is 1. The van der Waals surface area contributed by atoms with Crippen molar-refractivity contribution < 1.29 is 18.7 Å². The lowest BCUT2D eigenvalue weighted by atomic mass is 9.75. The second kappa shape index (κ2) is 10.7. The van der Waals surface area contributed by atoms with Gasteiger partial charge in [-0.25, -0.2) is 4.39 Å². The molecule has 0 aromatic heterocycles. The number of benzene rings is 3. The van der Waals surface area contributed by atoms with Crippen molar-refractivity contribution in [3.05, 3.63) is 111 Å². The summed E-state index contributed by atoms with van der Waals surface area (Å²) in [6.07, 6.45) is 1.79. The van der Waals surface area contributed by atoms with Gasteiger partial charge in [-0.15, -0.1) is 0 Å². The van der Waals surface area contributed by atoms with Crippen molar-refractivity contribution in [3.8, 4) is 17.6 Å². The molecule has 0 spiro atoms. The first-order chi connectivity index (χ1) is 18.4. The van der Waals surface area contributed by atoms with Crippen molar-refractivity contribution in [2.45, 2.75) is 31.8 Å². The lowest BCUT2D eigenvalue weighted by Crippen LogP contribution is -2.38. The van der Waals surface area contributed by atoms with Crippen LogP contribution in [0.2, 0.25) is 0 Å². The zero-order chi connectivity index (χ0) is 26.8. The molecular formula is C30H25BrFN3O3. The average molecular weight is 574 g/mol. The molecule has 6 nitrogen and oxygen atoms in total. The quantitative estimate of drug-likeness (QED) is 0.363. The molecule has 192 valence electrons. The molecule has 8 heteroatoms. The zero-order valence-corrected chi connectivity index (χ0v) is 22.3. The Morgan fingerprint density at radius 2 is 1.92 bits per heavy atom. The molecule has 5 rings (SSSR count). The number of anilines is 1. The fourth-order valence-electron chi connectivity index (χ4n) is 5.11. The molecule has 2 N–H and O–H groups in total. The van der Waals surface area contributed by atoms with E-state index in [0.717, 1.165) is 27.0 Å². The van der Waals surface area contributed by atoms with Crippen LogP contribution in [0.1, 0.15) is 36.3 Å². The summed E-state index contributed by atoms with van der Waals surface area (Å²) >= 11 is 3.51. The highest BCUT2D eigenvalue weighted by atomic mass is 79.9. The van der Waals surface area contributed by atoms with Gasteiger partial charge in [0, 0.05) is 33.4 Å². The summed E-state index contributed by atoms with van der Waals surface area (Å²) in [5.74, 6) is 0.473. The van der Waals surface area contributed by atoms with Gasteiger partial charge in [0.25, 0.3) is 0 Å². The normalized spacial score (nSPS) is 17.3. The summed E-state index contributed by atoms with van der Waals surface area (Å²) in [4.78, 5) is 15.3. The molecule has 0 fully saturated rings. The average Bonchev–Trinajstić information content (AvgIpc) is 2.92. The van der Waals surface area contributed by atoms with E-state index >= 15 is 0 Å². The number of methoxy groups -OCH3 is 1. The van der Waals surface area contributed by atoms with Gasteiger partial charge in [0.05, 0.1) is 24.7 Å². The molecule has 0 amide bonds. The van der Waals surface area contributed by atoms with E-state index in [0.29, 0.717) is 47.7 Å². The number of nitrogens with zero attached hydrogens (tertiary/aromatic N) is 2. The maximum absolute atomic E-state index is 13.4. The fraction of sp³-hybridized carbons (Fsp3) is 0.200. The van der Waals surface area contributed by atoms with Crippen LogP contribution in [0.15, 0.2) is 93.9 Å². The van der Waals surface area contributed by atoms with Crippen LogP contribution >= 0.6 is 15.9 Å². The number of hydrogen-bond donors (Lipinski definition) is 1. The number of ether oxygens (including phenoxy) is 2. The lowest BCUT2D eigenvalue weighted by Gasteiger charge is -2.39.